The SMILES string of the molecule is CCN(NC(=O)c1cnn(CC)c1)C(N)=S. The fraction of sp³-hybridized carbons (Fsp3) is 0.444. The van der Waals surface area contributed by atoms with E-state index in [4.69, 9.17) is 18.0 Å². The monoisotopic (exact) mass is 241 g/mol. The normalized spacial score (nSPS) is 9.88. The summed E-state index contributed by atoms with van der Waals surface area (Å²) in [5.41, 5.74) is 8.50. The molecule has 1 amide bonds. The van der Waals surface area contributed by atoms with Crippen LogP contribution in [0.4, 0.5) is 0 Å². The molecule has 88 valence electrons. The van der Waals surface area contributed by atoms with Crippen molar-refractivity contribution < 1.29 is 4.79 Å². The summed E-state index contributed by atoms with van der Waals surface area (Å²) < 4.78 is 1.67. The van der Waals surface area contributed by atoms with Crippen molar-refractivity contribution >= 4 is 23.2 Å². The number of aryl methyl sites for hydroxylation is 1. The molecule has 0 aliphatic carbocycles. The van der Waals surface area contributed by atoms with Crippen LogP contribution in [-0.4, -0.2) is 32.4 Å². The van der Waals surface area contributed by atoms with Gasteiger partial charge in [-0.15, -0.1) is 0 Å². The van der Waals surface area contributed by atoms with Gasteiger partial charge in [0.05, 0.1) is 11.8 Å². The smallest absolute Gasteiger partial charge is 0.273 e. The minimum absolute atomic E-state index is 0.138. The van der Waals surface area contributed by atoms with E-state index in [2.05, 4.69) is 10.5 Å². The highest BCUT2D eigenvalue weighted by molar-refractivity contribution is 7.80. The van der Waals surface area contributed by atoms with Gasteiger partial charge in [-0.3, -0.25) is 19.9 Å². The van der Waals surface area contributed by atoms with E-state index >= 15 is 0 Å². The molecule has 6 nitrogen and oxygen atoms in total. The Morgan fingerprint density at radius 3 is 2.81 bits per heavy atom. The van der Waals surface area contributed by atoms with Crippen LogP contribution in [0.5, 0.6) is 0 Å². The van der Waals surface area contributed by atoms with Crippen molar-refractivity contribution in [2.75, 3.05) is 6.54 Å². The van der Waals surface area contributed by atoms with E-state index in [0.29, 0.717) is 12.1 Å². The molecule has 16 heavy (non-hydrogen) atoms. The molecule has 0 fully saturated rings. The summed E-state index contributed by atoms with van der Waals surface area (Å²) in [4.78, 5) is 11.7. The quantitative estimate of drug-likeness (QED) is 0.580. The van der Waals surface area contributed by atoms with Crippen molar-refractivity contribution in [1.82, 2.24) is 20.2 Å². The van der Waals surface area contributed by atoms with Crippen LogP contribution < -0.4 is 11.2 Å². The minimum Gasteiger partial charge on any atom is -0.375 e. The number of carbonyl (C=O) groups is 1. The summed E-state index contributed by atoms with van der Waals surface area (Å²) >= 11 is 4.78. The highest BCUT2D eigenvalue weighted by atomic mass is 32.1. The third kappa shape index (κ3) is 2.93. The van der Waals surface area contributed by atoms with Gasteiger partial charge in [0.2, 0.25) is 0 Å². The summed E-state index contributed by atoms with van der Waals surface area (Å²) in [6.07, 6.45) is 3.18. The van der Waals surface area contributed by atoms with Gasteiger partial charge in [-0.25, -0.2) is 0 Å². The molecule has 0 aromatic carbocycles. The van der Waals surface area contributed by atoms with E-state index < -0.39 is 0 Å². The Hall–Kier alpha value is -1.63. The van der Waals surface area contributed by atoms with Gasteiger partial charge in [0, 0.05) is 19.3 Å². The zero-order valence-corrected chi connectivity index (χ0v) is 10.1. The molecule has 1 rings (SSSR count). The van der Waals surface area contributed by atoms with Gasteiger partial charge in [0.15, 0.2) is 5.11 Å². The summed E-state index contributed by atoms with van der Waals surface area (Å²) in [6, 6.07) is 0. The van der Waals surface area contributed by atoms with Crippen molar-refractivity contribution in [1.29, 1.82) is 0 Å². The molecule has 7 heteroatoms. The number of nitrogens with two attached hydrogens (primary N) is 1. The fourth-order valence-corrected chi connectivity index (χ4v) is 1.31. The number of amides is 1. The minimum atomic E-state index is -0.269. The highest BCUT2D eigenvalue weighted by Crippen LogP contribution is 1.98. The maximum Gasteiger partial charge on any atom is 0.273 e. The van der Waals surface area contributed by atoms with Crippen LogP contribution in [-0.2, 0) is 6.54 Å². The van der Waals surface area contributed by atoms with Gasteiger partial charge < -0.3 is 5.73 Å². The molecule has 0 unspecified atom stereocenters. The van der Waals surface area contributed by atoms with Crippen molar-refractivity contribution in [3.63, 3.8) is 0 Å². The molecule has 3 N–H and O–H groups in total. The molecule has 0 aliphatic heterocycles. The molecule has 0 aliphatic rings. The van der Waals surface area contributed by atoms with Gasteiger partial charge in [-0.2, -0.15) is 5.10 Å². The molecular weight excluding hydrogens is 226 g/mol. The van der Waals surface area contributed by atoms with E-state index in [0.717, 1.165) is 6.54 Å². The maximum absolute atomic E-state index is 11.7. The van der Waals surface area contributed by atoms with Gasteiger partial charge in [0.1, 0.15) is 0 Å². The molecular formula is C9H15N5OS. The molecule has 0 saturated heterocycles. The number of hydrogen-bond donors (Lipinski definition) is 2. The Morgan fingerprint density at radius 2 is 2.38 bits per heavy atom. The van der Waals surface area contributed by atoms with E-state index in [1.165, 1.54) is 11.2 Å². The number of nitrogens with zero attached hydrogens (tertiary/aromatic N) is 3. The summed E-state index contributed by atoms with van der Waals surface area (Å²) in [5.74, 6) is -0.269. The number of hydrogen-bond acceptors (Lipinski definition) is 3. The fourth-order valence-electron chi connectivity index (χ4n) is 1.13. The molecule has 0 bridgehead atoms. The molecule has 1 aromatic rings. The standard InChI is InChI=1S/C9H15N5OS/c1-3-13-6-7(5-11-13)8(15)12-14(4-2)9(10)16/h5-6H,3-4H2,1-2H3,(H2,10,16)(H,12,15). The Labute approximate surface area is 99.4 Å². The van der Waals surface area contributed by atoms with Crippen LogP contribution in [0.2, 0.25) is 0 Å². The summed E-state index contributed by atoms with van der Waals surface area (Å²) in [6.45, 7) is 5.03. The Morgan fingerprint density at radius 1 is 1.69 bits per heavy atom. The van der Waals surface area contributed by atoms with Crippen LogP contribution in [0.3, 0.4) is 0 Å². The van der Waals surface area contributed by atoms with E-state index in [1.807, 2.05) is 13.8 Å². The lowest BCUT2D eigenvalue weighted by atomic mass is 10.3. The summed E-state index contributed by atoms with van der Waals surface area (Å²) in [7, 11) is 0. The largest absolute Gasteiger partial charge is 0.375 e. The number of carbonyl (C=O) groups excluding carboxylic acids is 1. The lowest BCUT2D eigenvalue weighted by Gasteiger charge is -2.20. The Bertz CT molecular complexity index is 389. The van der Waals surface area contributed by atoms with Crippen LogP contribution in [0.25, 0.3) is 0 Å². The lowest BCUT2D eigenvalue weighted by molar-refractivity contribution is 0.0874. The molecule has 1 aromatic heterocycles. The van der Waals surface area contributed by atoms with Gasteiger partial charge in [-0.05, 0) is 26.1 Å². The first kappa shape index (κ1) is 12.4. The number of aromatic nitrogens is 2. The second kappa shape index (κ2) is 5.45. The lowest BCUT2D eigenvalue weighted by Crippen LogP contribution is -2.48. The topological polar surface area (TPSA) is 76.2 Å². The molecule has 1 heterocycles. The average molecular weight is 241 g/mol. The van der Waals surface area contributed by atoms with Gasteiger partial charge in [-0.1, -0.05) is 0 Å². The second-order valence-corrected chi connectivity index (χ2v) is 3.53. The van der Waals surface area contributed by atoms with Gasteiger partial charge in [0.25, 0.3) is 5.91 Å². The van der Waals surface area contributed by atoms with Crippen molar-refractivity contribution in [3.05, 3.63) is 18.0 Å². The Kier molecular flexibility index (Phi) is 4.24. The molecule has 0 saturated carbocycles. The van der Waals surface area contributed by atoms with Crippen LogP contribution in [0.1, 0.15) is 24.2 Å². The second-order valence-electron chi connectivity index (χ2n) is 3.11. The highest BCUT2D eigenvalue weighted by Gasteiger charge is 2.12. The van der Waals surface area contributed by atoms with E-state index in [1.54, 1.807) is 10.9 Å². The number of thiocarbonyl (C=S) groups is 1. The number of nitrogens with one attached hydrogen (secondary N) is 1. The molecule has 0 atom stereocenters. The van der Waals surface area contributed by atoms with Crippen LogP contribution in [0.15, 0.2) is 12.4 Å². The van der Waals surface area contributed by atoms with E-state index in [9.17, 15) is 4.79 Å². The third-order valence-electron chi connectivity index (χ3n) is 2.04. The van der Waals surface area contributed by atoms with Crippen molar-refractivity contribution in [2.45, 2.75) is 20.4 Å². The zero-order valence-electron chi connectivity index (χ0n) is 9.30. The van der Waals surface area contributed by atoms with Crippen LogP contribution in [0, 0.1) is 0 Å². The molecule has 0 radical (unpaired) electrons. The van der Waals surface area contributed by atoms with Crippen molar-refractivity contribution in [3.8, 4) is 0 Å². The Balaban J connectivity index is 2.67. The molecule has 0 spiro atoms. The zero-order chi connectivity index (χ0) is 12.1. The number of rotatable bonds is 3. The first-order chi connectivity index (χ1) is 7.58. The predicted octanol–water partition coefficient (Wildman–Crippen LogP) is 0.113. The first-order valence-electron chi connectivity index (χ1n) is 4.98. The maximum atomic E-state index is 11.7. The first-order valence-corrected chi connectivity index (χ1v) is 5.39. The average Bonchev–Trinajstić information content (AvgIpc) is 2.73. The summed E-state index contributed by atoms with van der Waals surface area (Å²) in [5, 5.41) is 5.55. The number of hydrazine groups is 1. The third-order valence-corrected chi connectivity index (χ3v) is 2.26. The van der Waals surface area contributed by atoms with E-state index in [-0.39, 0.29) is 11.0 Å². The predicted molar refractivity (Wildman–Crippen MR) is 64.5 cm³/mol. The van der Waals surface area contributed by atoms with Crippen molar-refractivity contribution in [2.24, 2.45) is 5.73 Å². The van der Waals surface area contributed by atoms with Crippen LogP contribution >= 0.6 is 12.2 Å². The van der Waals surface area contributed by atoms with Gasteiger partial charge >= 0.3 is 0 Å².